The van der Waals surface area contributed by atoms with Crippen molar-refractivity contribution >= 4 is 22.0 Å². The van der Waals surface area contributed by atoms with E-state index in [2.05, 4.69) is 26.9 Å². The summed E-state index contributed by atoms with van der Waals surface area (Å²) in [6, 6.07) is 8.00. The van der Waals surface area contributed by atoms with E-state index in [4.69, 9.17) is 4.74 Å². The van der Waals surface area contributed by atoms with Gasteiger partial charge in [0.1, 0.15) is 5.60 Å². The Labute approximate surface area is 145 Å². The monoisotopic (exact) mass is 379 g/mol. The van der Waals surface area contributed by atoms with Crippen molar-refractivity contribution in [2.45, 2.75) is 32.9 Å². The van der Waals surface area contributed by atoms with Crippen molar-refractivity contribution in [3.05, 3.63) is 33.8 Å². The van der Waals surface area contributed by atoms with Crippen LogP contribution in [-0.2, 0) is 11.3 Å². The first-order chi connectivity index (χ1) is 10.8. The quantitative estimate of drug-likeness (QED) is 0.790. The van der Waals surface area contributed by atoms with E-state index in [-0.39, 0.29) is 6.09 Å². The van der Waals surface area contributed by atoms with Gasteiger partial charge in [-0.15, -0.1) is 0 Å². The number of rotatable bonds is 2. The van der Waals surface area contributed by atoms with Gasteiger partial charge >= 0.3 is 6.09 Å². The van der Waals surface area contributed by atoms with Crippen LogP contribution in [-0.4, -0.2) is 47.7 Å². The number of hydrogen-bond donors (Lipinski definition) is 0. The summed E-state index contributed by atoms with van der Waals surface area (Å²) in [5.74, 6) is 0. The minimum Gasteiger partial charge on any atom is -0.444 e. The second-order valence-electron chi connectivity index (χ2n) is 6.66. The molecule has 0 N–H and O–H groups in total. The second-order valence-corrected chi connectivity index (χ2v) is 7.57. The van der Waals surface area contributed by atoms with Crippen molar-refractivity contribution in [2.24, 2.45) is 0 Å². The number of nitriles is 1. The summed E-state index contributed by atoms with van der Waals surface area (Å²) in [6.07, 6.45) is -0.251. The van der Waals surface area contributed by atoms with Crippen molar-refractivity contribution in [1.82, 2.24) is 9.80 Å². The number of hydrogen-bond acceptors (Lipinski definition) is 4. The van der Waals surface area contributed by atoms with E-state index >= 15 is 0 Å². The second kappa shape index (κ2) is 7.33. The summed E-state index contributed by atoms with van der Waals surface area (Å²) >= 11 is 3.39. The molecule has 1 saturated heterocycles. The summed E-state index contributed by atoms with van der Waals surface area (Å²) in [6.45, 7) is 9.19. The maximum Gasteiger partial charge on any atom is 0.410 e. The van der Waals surface area contributed by atoms with Crippen molar-refractivity contribution in [1.29, 1.82) is 5.26 Å². The van der Waals surface area contributed by atoms with Gasteiger partial charge in [0, 0.05) is 37.2 Å². The van der Waals surface area contributed by atoms with Gasteiger partial charge in [-0.25, -0.2) is 4.79 Å². The van der Waals surface area contributed by atoms with E-state index in [1.807, 2.05) is 39.0 Å². The predicted octanol–water partition coefficient (Wildman–Crippen LogP) is 3.37. The zero-order valence-electron chi connectivity index (χ0n) is 13.8. The van der Waals surface area contributed by atoms with Crippen LogP contribution >= 0.6 is 15.9 Å². The van der Waals surface area contributed by atoms with Crippen molar-refractivity contribution in [3.8, 4) is 6.07 Å². The van der Waals surface area contributed by atoms with Gasteiger partial charge in [0.25, 0.3) is 0 Å². The van der Waals surface area contributed by atoms with E-state index < -0.39 is 5.60 Å². The smallest absolute Gasteiger partial charge is 0.410 e. The highest BCUT2D eigenvalue weighted by atomic mass is 79.9. The number of carbonyl (C=O) groups excluding carboxylic acids is 1. The van der Waals surface area contributed by atoms with E-state index in [9.17, 15) is 10.1 Å². The molecule has 1 amide bonds. The first kappa shape index (κ1) is 17.8. The molecule has 0 aromatic heterocycles. The third-order valence-corrected chi connectivity index (χ3v) is 4.10. The molecule has 1 aliphatic heterocycles. The number of benzene rings is 1. The molecule has 0 spiro atoms. The molecule has 0 aliphatic carbocycles. The molecule has 0 atom stereocenters. The molecule has 1 heterocycles. The lowest BCUT2D eigenvalue weighted by Gasteiger charge is -2.35. The Kier molecular flexibility index (Phi) is 5.66. The third kappa shape index (κ3) is 5.22. The Morgan fingerprint density at radius 1 is 1.30 bits per heavy atom. The van der Waals surface area contributed by atoms with E-state index in [1.54, 1.807) is 4.90 Å². The predicted molar refractivity (Wildman–Crippen MR) is 91.9 cm³/mol. The van der Waals surface area contributed by atoms with Gasteiger partial charge in [-0.05, 0) is 38.5 Å². The van der Waals surface area contributed by atoms with Crippen molar-refractivity contribution < 1.29 is 9.53 Å². The van der Waals surface area contributed by atoms with Crippen molar-refractivity contribution in [2.75, 3.05) is 26.2 Å². The van der Waals surface area contributed by atoms with Crippen LogP contribution < -0.4 is 0 Å². The Bertz CT molecular complexity index is 611. The molecule has 1 aromatic rings. The number of amides is 1. The molecule has 23 heavy (non-hydrogen) atoms. The number of halogens is 1. The maximum absolute atomic E-state index is 12.1. The number of nitrogens with zero attached hydrogens (tertiary/aromatic N) is 3. The molecule has 2 rings (SSSR count). The Hall–Kier alpha value is -1.58. The molecule has 1 aromatic carbocycles. The third-order valence-electron chi connectivity index (χ3n) is 3.61. The van der Waals surface area contributed by atoms with Gasteiger partial charge < -0.3 is 9.64 Å². The highest BCUT2D eigenvalue weighted by Crippen LogP contribution is 2.19. The average molecular weight is 380 g/mol. The van der Waals surface area contributed by atoms with Gasteiger partial charge in [-0.3, -0.25) is 4.90 Å². The molecular formula is C17H22BrN3O2. The highest BCUT2D eigenvalue weighted by Gasteiger charge is 2.26. The topological polar surface area (TPSA) is 56.6 Å². The minimum atomic E-state index is -0.465. The van der Waals surface area contributed by atoms with Crippen molar-refractivity contribution in [3.63, 3.8) is 0 Å². The van der Waals surface area contributed by atoms with Crippen LogP contribution in [0.25, 0.3) is 0 Å². The maximum atomic E-state index is 12.1. The lowest BCUT2D eigenvalue weighted by Crippen LogP contribution is -2.49. The lowest BCUT2D eigenvalue weighted by molar-refractivity contribution is 0.0139. The number of ether oxygens (including phenoxy) is 1. The Balaban J connectivity index is 1.91. The van der Waals surface area contributed by atoms with Crippen LogP contribution in [0.15, 0.2) is 22.7 Å². The summed E-state index contributed by atoms with van der Waals surface area (Å²) in [5.41, 5.74) is 1.24. The highest BCUT2D eigenvalue weighted by molar-refractivity contribution is 9.10. The molecule has 124 valence electrons. The first-order valence-corrected chi connectivity index (χ1v) is 8.46. The van der Waals surface area contributed by atoms with Crippen LogP contribution in [0.1, 0.15) is 31.9 Å². The van der Waals surface area contributed by atoms with Gasteiger partial charge in [-0.1, -0.05) is 22.0 Å². The van der Waals surface area contributed by atoms with Crippen LogP contribution in [0.2, 0.25) is 0 Å². The van der Waals surface area contributed by atoms with Gasteiger partial charge in [0.05, 0.1) is 11.6 Å². The molecule has 5 nitrogen and oxygen atoms in total. The van der Waals surface area contributed by atoms with Crippen LogP contribution in [0, 0.1) is 11.3 Å². The Morgan fingerprint density at radius 2 is 1.96 bits per heavy atom. The molecule has 0 saturated carbocycles. The fraction of sp³-hybridized carbons (Fsp3) is 0.529. The molecule has 6 heteroatoms. The van der Waals surface area contributed by atoms with Crippen LogP contribution in [0.5, 0.6) is 0 Å². The zero-order valence-corrected chi connectivity index (χ0v) is 15.4. The fourth-order valence-electron chi connectivity index (χ4n) is 2.45. The molecule has 0 bridgehead atoms. The molecule has 1 fully saturated rings. The summed E-state index contributed by atoms with van der Waals surface area (Å²) in [5, 5.41) is 9.24. The number of piperazine rings is 1. The van der Waals surface area contributed by atoms with Gasteiger partial charge in [0.15, 0.2) is 0 Å². The summed E-state index contributed by atoms with van der Waals surface area (Å²) in [7, 11) is 0. The summed E-state index contributed by atoms with van der Waals surface area (Å²) < 4.78 is 6.31. The zero-order chi connectivity index (χ0) is 17.0. The van der Waals surface area contributed by atoms with Crippen LogP contribution in [0.4, 0.5) is 4.79 Å². The average Bonchev–Trinajstić information content (AvgIpc) is 2.48. The standard InChI is InChI=1S/C17H22BrN3O2/c1-17(2,3)23-16(22)21-8-6-20(7-9-21)12-13-4-5-15(18)10-14(13)11-19/h4-5,10H,6-9,12H2,1-3H3. The fourth-order valence-corrected chi connectivity index (χ4v) is 2.81. The van der Waals surface area contributed by atoms with Crippen LogP contribution in [0.3, 0.4) is 0 Å². The minimum absolute atomic E-state index is 0.251. The largest absolute Gasteiger partial charge is 0.444 e. The van der Waals surface area contributed by atoms with Gasteiger partial charge in [0.2, 0.25) is 0 Å². The number of carbonyl (C=O) groups is 1. The molecule has 0 radical (unpaired) electrons. The SMILES string of the molecule is CC(C)(C)OC(=O)N1CCN(Cc2ccc(Br)cc2C#N)CC1. The van der Waals surface area contributed by atoms with E-state index in [0.717, 1.165) is 29.7 Å². The van der Waals surface area contributed by atoms with E-state index in [0.29, 0.717) is 18.7 Å². The molecule has 0 unspecified atom stereocenters. The Morgan fingerprint density at radius 3 is 2.52 bits per heavy atom. The lowest BCUT2D eigenvalue weighted by atomic mass is 10.1. The van der Waals surface area contributed by atoms with E-state index in [1.165, 1.54) is 0 Å². The molecule has 1 aliphatic rings. The summed E-state index contributed by atoms with van der Waals surface area (Å²) in [4.78, 5) is 16.1. The van der Waals surface area contributed by atoms with Gasteiger partial charge in [-0.2, -0.15) is 5.26 Å². The normalized spacial score (nSPS) is 16.0. The molecular weight excluding hydrogens is 358 g/mol. The first-order valence-electron chi connectivity index (χ1n) is 7.67.